The van der Waals surface area contributed by atoms with Gasteiger partial charge in [0.1, 0.15) is 11.2 Å². The highest BCUT2D eigenvalue weighted by Gasteiger charge is 2.21. The molecule has 2 aromatic rings. The summed E-state index contributed by atoms with van der Waals surface area (Å²) in [5.74, 6) is -0.545. The van der Waals surface area contributed by atoms with E-state index >= 15 is 0 Å². The number of Topliss-reactive ketones (excluding diaryl/α,β-unsaturated/α-hetero) is 1. The van der Waals surface area contributed by atoms with Gasteiger partial charge in [-0.3, -0.25) is 4.79 Å². The van der Waals surface area contributed by atoms with Crippen molar-refractivity contribution in [3.8, 4) is 0 Å². The van der Waals surface area contributed by atoms with Crippen molar-refractivity contribution in [3.05, 3.63) is 67.5 Å². The molecule has 1 nitrogen and oxygen atoms in total. The Morgan fingerprint density at radius 1 is 1.21 bits per heavy atom. The number of rotatable bonds is 3. The van der Waals surface area contributed by atoms with Crippen molar-refractivity contribution in [1.82, 2.24) is 0 Å². The zero-order valence-corrected chi connectivity index (χ0v) is 14.0. The number of alkyl halides is 1. The van der Waals surface area contributed by atoms with Crippen molar-refractivity contribution in [2.75, 3.05) is 0 Å². The van der Waals surface area contributed by atoms with Gasteiger partial charge in [0.15, 0.2) is 5.78 Å². The van der Waals surface area contributed by atoms with Gasteiger partial charge < -0.3 is 0 Å². The molecule has 0 saturated carbocycles. The normalized spacial score (nSPS) is 12.2. The van der Waals surface area contributed by atoms with Gasteiger partial charge in [0.05, 0.1) is 0 Å². The van der Waals surface area contributed by atoms with Crippen LogP contribution in [0, 0.1) is 9.39 Å². The topological polar surface area (TPSA) is 17.1 Å². The number of carbonyl (C=O) groups excluding carboxylic acids is 1. The fourth-order valence-electron chi connectivity index (χ4n) is 1.61. The van der Waals surface area contributed by atoms with E-state index in [1.807, 2.05) is 12.1 Å². The van der Waals surface area contributed by atoms with Gasteiger partial charge in [-0.15, -0.1) is 11.6 Å². The smallest absolute Gasteiger partial charge is 0.186 e. The van der Waals surface area contributed by atoms with Crippen LogP contribution >= 0.6 is 50.1 Å². The number of halogens is 4. The average molecular weight is 453 g/mol. The Labute approximate surface area is 137 Å². The molecule has 2 aromatic carbocycles. The van der Waals surface area contributed by atoms with Gasteiger partial charge in [0, 0.05) is 13.6 Å². The lowest BCUT2D eigenvalue weighted by atomic mass is 10.0. The predicted molar refractivity (Wildman–Crippen MR) is 86.2 cm³/mol. The van der Waals surface area contributed by atoms with Gasteiger partial charge >= 0.3 is 0 Å². The van der Waals surface area contributed by atoms with Crippen LogP contribution < -0.4 is 0 Å². The molecule has 19 heavy (non-hydrogen) atoms. The summed E-state index contributed by atoms with van der Waals surface area (Å²) in [4.78, 5) is 12.4. The molecule has 1 atom stereocenters. The second kappa shape index (κ2) is 6.33. The SMILES string of the molecule is O=C(c1cc(Br)ccc1I)C(Cl)c1ccc(F)cc1. The third-order valence-electron chi connectivity index (χ3n) is 2.59. The van der Waals surface area contributed by atoms with E-state index in [2.05, 4.69) is 38.5 Å². The minimum Gasteiger partial charge on any atom is -0.292 e. The molecule has 0 aliphatic heterocycles. The van der Waals surface area contributed by atoms with Crippen LogP contribution in [0.5, 0.6) is 0 Å². The van der Waals surface area contributed by atoms with Crippen molar-refractivity contribution in [1.29, 1.82) is 0 Å². The Balaban J connectivity index is 2.33. The third-order valence-corrected chi connectivity index (χ3v) is 4.47. The zero-order valence-electron chi connectivity index (χ0n) is 9.54. The van der Waals surface area contributed by atoms with E-state index in [0.717, 1.165) is 8.04 Å². The molecule has 0 spiro atoms. The summed E-state index contributed by atoms with van der Waals surface area (Å²) >= 11 is 11.6. The highest BCUT2D eigenvalue weighted by molar-refractivity contribution is 14.1. The van der Waals surface area contributed by atoms with Crippen LogP contribution in [0.15, 0.2) is 46.9 Å². The monoisotopic (exact) mass is 452 g/mol. The van der Waals surface area contributed by atoms with E-state index in [-0.39, 0.29) is 11.6 Å². The Morgan fingerprint density at radius 2 is 1.84 bits per heavy atom. The van der Waals surface area contributed by atoms with Gasteiger partial charge in [0.2, 0.25) is 0 Å². The Hall–Kier alpha value is -0.460. The van der Waals surface area contributed by atoms with E-state index in [1.54, 1.807) is 6.07 Å². The number of benzene rings is 2. The Morgan fingerprint density at radius 3 is 2.47 bits per heavy atom. The van der Waals surface area contributed by atoms with Crippen molar-refractivity contribution in [2.24, 2.45) is 0 Å². The third kappa shape index (κ3) is 3.55. The molecular formula is C14H8BrClFIO. The molecule has 0 radical (unpaired) electrons. The summed E-state index contributed by atoms with van der Waals surface area (Å²) in [6.45, 7) is 0. The van der Waals surface area contributed by atoms with Crippen LogP contribution in [-0.4, -0.2) is 5.78 Å². The van der Waals surface area contributed by atoms with E-state index in [1.165, 1.54) is 24.3 Å². The fraction of sp³-hybridized carbons (Fsp3) is 0.0714. The van der Waals surface area contributed by atoms with Gasteiger partial charge in [-0.25, -0.2) is 4.39 Å². The van der Waals surface area contributed by atoms with Crippen molar-refractivity contribution in [3.63, 3.8) is 0 Å². The average Bonchev–Trinajstić information content (AvgIpc) is 2.41. The molecule has 0 saturated heterocycles. The van der Waals surface area contributed by atoms with E-state index in [4.69, 9.17) is 11.6 Å². The maximum atomic E-state index is 12.9. The first kappa shape index (κ1) is 14.9. The largest absolute Gasteiger partial charge is 0.292 e. The quantitative estimate of drug-likeness (QED) is 0.348. The molecule has 0 aliphatic carbocycles. The molecule has 0 fully saturated rings. The maximum absolute atomic E-state index is 12.9. The molecule has 0 heterocycles. The first-order valence-electron chi connectivity index (χ1n) is 5.38. The number of ketones is 1. The first-order valence-corrected chi connectivity index (χ1v) is 7.68. The zero-order chi connectivity index (χ0) is 14.0. The molecule has 0 N–H and O–H groups in total. The van der Waals surface area contributed by atoms with Crippen LogP contribution in [0.1, 0.15) is 21.3 Å². The summed E-state index contributed by atoms with van der Waals surface area (Å²) in [7, 11) is 0. The number of hydrogen-bond acceptors (Lipinski definition) is 1. The molecule has 1 unspecified atom stereocenters. The minimum absolute atomic E-state index is 0.195. The summed E-state index contributed by atoms with van der Waals surface area (Å²) in [5, 5.41) is -0.816. The first-order chi connectivity index (χ1) is 8.99. The highest BCUT2D eigenvalue weighted by Crippen LogP contribution is 2.28. The fourth-order valence-corrected chi connectivity index (χ4v) is 2.83. The molecule has 2 rings (SSSR count). The summed E-state index contributed by atoms with van der Waals surface area (Å²) in [6, 6.07) is 11.1. The second-order valence-corrected chi connectivity index (χ2v) is 6.42. The second-order valence-electron chi connectivity index (χ2n) is 3.90. The van der Waals surface area contributed by atoms with Gasteiger partial charge in [-0.1, -0.05) is 28.1 Å². The van der Waals surface area contributed by atoms with E-state index in [0.29, 0.717) is 11.1 Å². The molecule has 98 valence electrons. The Bertz CT molecular complexity index is 615. The summed E-state index contributed by atoms with van der Waals surface area (Å²) in [5.41, 5.74) is 1.14. The standard InChI is InChI=1S/C14H8BrClFIO/c15-9-3-6-12(18)11(7-9)14(19)13(16)8-1-4-10(17)5-2-8/h1-7,13H. The lowest BCUT2D eigenvalue weighted by Crippen LogP contribution is -2.09. The molecule has 0 aromatic heterocycles. The minimum atomic E-state index is -0.816. The highest BCUT2D eigenvalue weighted by atomic mass is 127. The molecular weight excluding hydrogens is 445 g/mol. The van der Waals surface area contributed by atoms with Crippen molar-refractivity contribution >= 4 is 55.9 Å². The molecule has 0 amide bonds. The molecule has 5 heteroatoms. The van der Waals surface area contributed by atoms with Crippen LogP contribution in [0.4, 0.5) is 4.39 Å². The summed E-state index contributed by atoms with van der Waals surface area (Å²) in [6.07, 6.45) is 0. The lowest BCUT2D eigenvalue weighted by molar-refractivity contribution is 0.0986. The van der Waals surface area contributed by atoms with Crippen LogP contribution in [0.3, 0.4) is 0 Å². The van der Waals surface area contributed by atoms with Crippen molar-refractivity contribution < 1.29 is 9.18 Å². The lowest BCUT2D eigenvalue weighted by Gasteiger charge is -2.10. The van der Waals surface area contributed by atoms with Crippen molar-refractivity contribution in [2.45, 2.75) is 5.38 Å². The number of hydrogen-bond donors (Lipinski definition) is 0. The summed E-state index contributed by atoms with van der Waals surface area (Å²) < 4.78 is 14.5. The predicted octanol–water partition coefficient (Wildman–Crippen LogP) is 5.36. The Kier molecular flexibility index (Phi) is 4.97. The van der Waals surface area contributed by atoms with Crippen LogP contribution in [0.25, 0.3) is 0 Å². The van der Waals surface area contributed by atoms with Gasteiger partial charge in [-0.05, 0) is 58.5 Å². The molecule has 0 aliphatic rings. The van der Waals surface area contributed by atoms with Crippen LogP contribution in [0.2, 0.25) is 0 Å². The van der Waals surface area contributed by atoms with Gasteiger partial charge in [-0.2, -0.15) is 0 Å². The maximum Gasteiger partial charge on any atom is 0.186 e. The van der Waals surface area contributed by atoms with Gasteiger partial charge in [0.25, 0.3) is 0 Å². The number of carbonyl (C=O) groups is 1. The van der Waals surface area contributed by atoms with Crippen LogP contribution in [-0.2, 0) is 0 Å². The molecule has 0 bridgehead atoms. The van der Waals surface area contributed by atoms with E-state index < -0.39 is 5.38 Å². The van der Waals surface area contributed by atoms with E-state index in [9.17, 15) is 9.18 Å².